The fraction of sp³-hybridized carbons (Fsp3) is 0.455. The first-order valence-electron chi connectivity index (χ1n) is 9.55. The van der Waals surface area contributed by atoms with Crippen LogP contribution in [-0.2, 0) is 11.3 Å². The van der Waals surface area contributed by atoms with Crippen LogP contribution in [0, 0.1) is 12.7 Å². The molecular formula is C22H28FNO3. The van der Waals surface area contributed by atoms with Crippen LogP contribution in [0.3, 0.4) is 0 Å². The van der Waals surface area contributed by atoms with Crippen molar-refractivity contribution in [3.05, 3.63) is 65.5 Å². The standard InChI is InChI=1S/C22H28FNO3/c1-17-6-2-3-10-22(17)27-16-20(25)14-24(15-21-9-5-11-26-21)13-18-7-4-8-19(23)12-18/h2-4,6-8,10,12,20-21,25H,5,9,11,13-16H2,1H3. The second-order valence-corrected chi connectivity index (χ2v) is 7.19. The summed E-state index contributed by atoms with van der Waals surface area (Å²) in [5.74, 6) is 0.542. The molecule has 146 valence electrons. The summed E-state index contributed by atoms with van der Waals surface area (Å²) in [6.07, 6.45) is 1.62. The van der Waals surface area contributed by atoms with Gasteiger partial charge in [0.2, 0.25) is 0 Å². The Balaban J connectivity index is 1.58. The van der Waals surface area contributed by atoms with Gasteiger partial charge in [-0.05, 0) is 49.1 Å². The maximum absolute atomic E-state index is 13.5. The van der Waals surface area contributed by atoms with Crippen LogP contribution in [-0.4, -0.2) is 48.5 Å². The minimum atomic E-state index is -0.639. The molecule has 2 unspecified atom stereocenters. The number of benzene rings is 2. The number of aliphatic hydroxyl groups excluding tert-OH is 1. The summed E-state index contributed by atoms with van der Waals surface area (Å²) in [5, 5.41) is 10.5. The molecule has 0 spiro atoms. The lowest BCUT2D eigenvalue weighted by Crippen LogP contribution is -2.39. The van der Waals surface area contributed by atoms with E-state index >= 15 is 0 Å². The van der Waals surface area contributed by atoms with E-state index in [1.54, 1.807) is 12.1 Å². The number of hydrogen-bond donors (Lipinski definition) is 1. The zero-order valence-electron chi connectivity index (χ0n) is 15.8. The molecule has 1 aliphatic rings. The van der Waals surface area contributed by atoms with Gasteiger partial charge in [-0.3, -0.25) is 4.90 Å². The molecular weight excluding hydrogens is 345 g/mol. The molecule has 2 atom stereocenters. The molecule has 0 bridgehead atoms. The Hall–Kier alpha value is -1.95. The van der Waals surface area contributed by atoms with Crippen LogP contribution in [0.15, 0.2) is 48.5 Å². The van der Waals surface area contributed by atoms with E-state index in [1.165, 1.54) is 6.07 Å². The summed E-state index contributed by atoms with van der Waals surface area (Å²) in [5.41, 5.74) is 1.93. The van der Waals surface area contributed by atoms with Gasteiger partial charge in [-0.25, -0.2) is 4.39 Å². The van der Waals surface area contributed by atoms with Crippen LogP contribution in [0.5, 0.6) is 5.75 Å². The number of nitrogens with zero attached hydrogens (tertiary/aromatic N) is 1. The molecule has 0 amide bonds. The van der Waals surface area contributed by atoms with Gasteiger partial charge in [0.05, 0.1) is 6.10 Å². The maximum Gasteiger partial charge on any atom is 0.123 e. The van der Waals surface area contributed by atoms with Gasteiger partial charge in [0.25, 0.3) is 0 Å². The van der Waals surface area contributed by atoms with Crippen molar-refractivity contribution in [3.63, 3.8) is 0 Å². The van der Waals surface area contributed by atoms with E-state index in [-0.39, 0.29) is 18.5 Å². The number of aryl methyl sites for hydroxylation is 1. The predicted octanol–water partition coefficient (Wildman–Crippen LogP) is 3.56. The van der Waals surface area contributed by atoms with Gasteiger partial charge in [-0.1, -0.05) is 30.3 Å². The van der Waals surface area contributed by atoms with Crippen molar-refractivity contribution < 1.29 is 19.0 Å². The van der Waals surface area contributed by atoms with Crippen molar-refractivity contribution >= 4 is 0 Å². The first-order valence-corrected chi connectivity index (χ1v) is 9.55. The molecule has 1 aliphatic heterocycles. The van der Waals surface area contributed by atoms with Crippen LogP contribution >= 0.6 is 0 Å². The van der Waals surface area contributed by atoms with Crippen LogP contribution in [0.25, 0.3) is 0 Å². The van der Waals surface area contributed by atoms with Crippen molar-refractivity contribution in [2.75, 3.05) is 26.3 Å². The number of aliphatic hydroxyl groups is 1. The van der Waals surface area contributed by atoms with E-state index in [1.807, 2.05) is 37.3 Å². The molecule has 5 heteroatoms. The second-order valence-electron chi connectivity index (χ2n) is 7.19. The quantitative estimate of drug-likeness (QED) is 0.730. The first-order chi connectivity index (χ1) is 13.1. The van der Waals surface area contributed by atoms with Gasteiger partial charge < -0.3 is 14.6 Å². The molecule has 0 saturated carbocycles. The van der Waals surface area contributed by atoms with E-state index in [4.69, 9.17) is 9.47 Å². The number of para-hydroxylation sites is 1. The van der Waals surface area contributed by atoms with E-state index < -0.39 is 6.10 Å². The highest BCUT2D eigenvalue weighted by atomic mass is 19.1. The Kier molecular flexibility index (Phi) is 7.21. The monoisotopic (exact) mass is 373 g/mol. The largest absolute Gasteiger partial charge is 0.491 e. The molecule has 1 heterocycles. The fourth-order valence-electron chi connectivity index (χ4n) is 3.43. The molecule has 0 aliphatic carbocycles. The second kappa shape index (κ2) is 9.83. The van der Waals surface area contributed by atoms with E-state index in [0.29, 0.717) is 13.1 Å². The van der Waals surface area contributed by atoms with E-state index in [2.05, 4.69) is 4.90 Å². The summed E-state index contributed by atoms with van der Waals surface area (Å²) >= 11 is 0. The van der Waals surface area contributed by atoms with Crippen LogP contribution in [0.4, 0.5) is 4.39 Å². The van der Waals surface area contributed by atoms with Gasteiger partial charge in [0.1, 0.15) is 24.3 Å². The van der Waals surface area contributed by atoms with Gasteiger partial charge >= 0.3 is 0 Å². The van der Waals surface area contributed by atoms with Crippen molar-refractivity contribution in [1.29, 1.82) is 0 Å². The minimum Gasteiger partial charge on any atom is -0.491 e. The molecule has 4 nitrogen and oxygen atoms in total. The topological polar surface area (TPSA) is 41.9 Å². The zero-order valence-corrected chi connectivity index (χ0v) is 15.8. The summed E-state index contributed by atoms with van der Waals surface area (Å²) in [6, 6.07) is 14.4. The van der Waals surface area contributed by atoms with Gasteiger partial charge in [0, 0.05) is 26.2 Å². The lowest BCUT2D eigenvalue weighted by molar-refractivity contribution is 0.0312. The van der Waals surface area contributed by atoms with Crippen molar-refractivity contribution in [3.8, 4) is 5.75 Å². The Labute approximate surface area is 160 Å². The molecule has 1 saturated heterocycles. The van der Waals surface area contributed by atoms with Gasteiger partial charge in [0.15, 0.2) is 0 Å². The lowest BCUT2D eigenvalue weighted by atomic mass is 10.1. The number of halogens is 1. The third kappa shape index (κ3) is 6.31. The number of hydrogen-bond acceptors (Lipinski definition) is 4. The number of rotatable bonds is 9. The Morgan fingerprint density at radius 2 is 2.11 bits per heavy atom. The van der Waals surface area contributed by atoms with Crippen molar-refractivity contribution in [2.45, 2.75) is 38.5 Å². The Bertz CT molecular complexity index is 718. The predicted molar refractivity (Wildman–Crippen MR) is 103 cm³/mol. The summed E-state index contributed by atoms with van der Waals surface area (Å²) in [6.45, 7) is 4.72. The van der Waals surface area contributed by atoms with Gasteiger partial charge in [-0.2, -0.15) is 0 Å². The highest BCUT2D eigenvalue weighted by molar-refractivity contribution is 5.31. The van der Waals surface area contributed by atoms with Crippen molar-refractivity contribution in [1.82, 2.24) is 4.90 Å². The lowest BCUT2D eigenvalue weighted by Gasteiger charge is -2.27. The van der Waals surface area contributed by atoms with Gasteiger partial charge in [-0.15, -0.1) is 0 Å². The molecule has 3 rings (SSSR count). The van der Waals surface area contributed by atoms with Crippen molar-refractivity contribution in [2.24, 2.45) is 0 Å². The molecule has 0 aromatic heterocycles. The van der Waals surface area contributed by atoms with Crippen LogP contribution < -0.4 is 4.74 Å². The van der Waals surface area contributed by atoms with Crippen LogP contribution in [0.1, 0.15) is 24.0 Å². The summed E-state index contributed by atoms with van der Waals surface area (Å²) in [7, 11) is 0. The molecule has 1 fully saturated rings. The third-order valence-electron chi connectivity index (χ3n) is 4.77. The molecule has 2 aromatic carbocycles. The molecule has 0 radical (unpaired) electrons. The summed E-state index contributed by atoms with van der Waals surface area (Å²) < 4.78 is 25.0. The van der Waals surface area contributed by atoms with E-state index in [9.17, 15) is 9.50 Å². The highest BCUT2D eigenvalue weighted by Crippen LogP contribution is 2.18. The molecule has 27 heavy (non-hydrogen) atoms. The zero-order chi connectivity index (χ0) is 19.1. The van der Waals surface area contributed by atoms with E-state index in [0.717, 1.165) is 42.9 Å². The average Bonchev–Trinajstić information content (AvgIpc) is 3.14. The smallest absolute Gasteiger partial charge is 0.123 e. The average molecular weight is 373 g/mol. The Morgan fingerprint density at radius 3 is 2.85 bits per heavy atom. The number of ether oxygens (including phenoxy) is 2. The first kappa shape index (κ1) is 19.8. The SMILES string of the molecule is Cc1ccccc1OCC(O)CN(Cc1cccc(F)c1)CC1CCCO1. The van der Waals surface area contributed by atoms with Crippen LogP contribution in [0.2, 0.25) is 0 Å². The maximum atomic E-state index is 13.5. The fourth-order valence-corrected chi connectivity index (χ4v) is 3.43. The highest BCUT2D eigenvalue weighted by Gasteiger charge is 2.21. The Morgan fingerprint density at radius 1 is 1.26 bits per heavy atom. The summed E-state index contributed by atoms with van der Waals surface area (Å²) in [4.78, 5) is 2.12. The minimum absolute atomic E-state index is 0.169. The normalized spacial score (nSPS) is 18.0. The molecule has 1 N–H and O–H groups in total. The molecule has 2 aromatic rings. The third-order valence-corrected chi connectivity index (χ3v) is 4.77.